The van der Waals surface area contributed by atoms with Gasteiger partial charge in [-0.1, -0.05) is 26.8 Å². The Morgan fingerprint density at radius 2 is 1.77 bits per heavy atom. The average Bonchev–Trinajstić information content (AvgIpc) is 2.76. The lowest BCUT2D eigenvalue weighted by Gasteiger charge is -2.62. The highest BCUT2D eigenvalue weighted by molar-refractivity contribution is 5.91. The van der Waals surface area contributed by atoms with Crippen molar-refractivity contribution in [3.63, 3.8) is 0 Å². The number of allylic oxidation sites excluding steroid dienone is 2. The number of hydrogen-bond donors (Lipinski definition) is 0. The van der Waals surface area contributed by atoms with Gasteiger partial charge in [-0.2, -0.15) is 0 Å². The van der Waals surface area contributed by atoms with Gasteiger partial charge in [0, 0.05) is 18.3 Å². The standard InChI is InChI=1S/C20H28O2/c1-18-9-7-14-15-4-5-17(22)19(15,2)10-8-16(14)20(18,3)11-6-13(21)12-18/h6,11,14-16H,4-5,7-10,12H2,1-3H3/t14-,15-,16+,18?,19-,20+/m0/s1. The summed E-state index contributed by atoms with van der Waals surface area (Å²) in [5.74, 6) is 2.74. The van der Waals surface area contributed by atoms with Crippen molar-refractivity contribution in [1.29, 1.82) is 0 Å². The van der Waals surface area contributed by atoms with Crippen molar-refractivity contribution in [3.8, 4) is 0 Å². The fourth-order valence-corrected chi connectivity index (χ4v) is 6.72. The zero-order valence-electron chi connectivity index (χ0n) is 14.2. The van der Waals surface area contributed by atoms with Crippen LogP contribution in [0.2, 0.25) is 0 Å². The van der Waals surface area contributed by atoms with Crippen LogP contribution in [0.3, 0.4) is 0 Å². The summed E-state index contributed by atoms with van der Waals surface area (Å²) in [6.07, 6.45) is 11.3. The molecule has 0 heterocycles. The van der Waals surface area contributed by atoms with Crippen LogP contribution in [0.25, 0.3) is 0 Å². The van der Waals surface area contributed by atoms with Gasteiger partial charge in [0.25, 0.3) is 0 Å². The Kier molecular flexibility index (Phi) is 2.89. The Bertz CT molecular complexity index is 576. The first-order chi connectivity index (χ1) is 10.3. The van der Waals surface area contributed by atoms with Crippen LogP contribution in [0.4, 0.5) is 0 Å². The van der Waals surface area contributed by atoms with Crippen molar-refractivity contribution in [2.45, 2.75) is 65.7 Å². The zero-order valence-corrected chi connectivity index (χ0v) is 14.2. The lowest BCUT2D eigenvalue weighted by molar-refractivity contribution is -0.142. The van der Waals surface area contributed by atoms with E-state index in [1.54, 1.807) is 0 Å². The van der Waals surface area contributed by atoms with E-state index in [2.05, 4.69) is 26.8 Å². The van der Waals surface area contributed by atoms with E-state index >= 15 is 0 Å². The second-order valence-corrected chi connectivity index (χ2v) is 9.15. The molecule has 0 aromatic carbocycles. The molecule has 6 atom stereocenters. The molecule has 0 amide bonds. The Morgan fingerprint density at radius 1 is 1.00 bits per heavy atom. The van der Waals surface area contributed by atoms with Crippen LogP contribution in [-0.2, 0) is 9.59 Å². The van der Waals surface area contributed by atoms with Crippen LogP contribution in [0.15, 0.2) is 12.2 Å². The number of ketones is 2. The third-order valence-electron chi connectivity index (χ3n) is 8.43. The molecule has 0 aromatic rings. The minimum atomic E-state index is -0.0422. The van der Waals surface area contributed by atoms with Crippen molar-refractivity contribution in [3.05, 3.63) is 12.2 Å². The molecule has 3 fully saturated rings. The van der Waals surface area contributed by atoms with E-state index in [-0.39, 0.29) is 16.2 Å². The van der Waals surface area contributed by atoms with Crippen LogP contribution in [0.1, 0.15) is 65.7 Å². The van der Waals surface area contributed by atoms with Gasteiger partial charge in [0.1, 0.15) is 5.78 Å². The summed E-state index contributed by atoms with van der Waals surface area (Å²) >= 11 is 0. The highest BCUT2D eigenvalue weighted by atomic mass is 16.1. The van der Waals surface area contributed by atoms with Crippen molar-refractivity contribution < 1.29 is 9.59 Å². The highest BCUT2D eigenvalue weighted by Gasteiger charge is 2.62. The lowest BCUT2D eigenvalue weighted by Crippen LogP contribution is -2.56. The summed E-state index contributed by atoms with van der Waals surface area (Å²) in [4.78, 5) is 24.4. The fraction of sp³-hybridized carbons (Fsp3) is 0.800. The molecule has 3 saturated carbocycles. The molecule has 0 radical (unpaired) electrons. The first kappa shape index (κ1) is 14.7. The van der Waals surface area contributed by atoms with Gasteiger partial charge in [0.15, 0.2) is 5.78 Å². The van der Waals surface area contributed by atoms with Gasteiger partial charge < -0.3 is 0 Å². The number of rotatable bonds is 0. The first-order valence-corrected chi connectivity index (χ1v) is 9.06. The third-order valence-corrected chi connectivity index (χ3v) is 8.43. The van der Waals surface area contributed by atoms with Gasteiger partial charge in [-0.15, -0.1) is 0 Å². The molecule has 0 N–H and O–H groups in total. The number of fused-ring (bicyclic) bond motifs is 5. The Labute approximate surface area is 133 Å². The summed E-state index contributed by atoms with van der Waals surface area (Å²) in [5.41, 5.74) is 0.215. The summed E-state index contributed by atoms with van der Waals surface area (Å²) in [6, 6.07) is 0. The summed E-state index contributed by atoms with van der Waals surface area (Å²) in [7, 11) is 0. The number of Topliss-reactive ketones (excluding diaryl/α,β-unsaturated/α-hetero) is 1. The minimum Gasteiger partial charge on any atom is -0.299 e. The van der Waals surface area contributed by atoms with E-state index in [4.69, 9.17) is 0 Å². The van der Waals surface area contributed by atoms with Gasteiger partial charge in [-0.25, -0.2) is 0 Å². The Balaban J connectivity index is 1.74. The maximum absolute atomic E-state index is 12.4. The molecule has 0 spiro atoms. The van der Waals surface area contributed by atoms with Gasteiger partial charge in [-0.05, 0) is 66.8 Å². The zero-order chi connectivity index (χ0) is 15.8. The Hall–Kier alpha value is -0.920. The molecule has 0 bridgehead atoms. The molecule has 0 aliphatic heterocycles. The Morgan fingerprint density at radius 3 is 2.55 bits per heavy atom. The van der Waals surface area contributed by atoms with Crippen LogP contribution < -0.4 is 0 Å². The van der Waals surface area contributed by atoms with Crippen molar-refractivity contribution in [2.24, 2.45) is 34.0 Å². The molecular formula is C20H28O2. The van der Waals surface area contributed by atoms with Gasteiger partial charge in [-0.3, -0.25) is 9.59 Å². The molecule has 4 aliphatic carbocycles. The second-order valence-electron chi connectivity index (χ2n) is 9.15. The van der Waals surface area contributed by atoms with E-state index < -0.39 is 0 Å². The molecule has 22 heavy (non-hydrogen) atoms. The van der Waals surface area contributed by atoms with E-state index in [9.17, 15) is 9.59 Å². The number of carbonyl (C=O) groups excluding carboxylic acids is 2. The molecule has 2 nitrogen and oxygen atoms in total. The molecule has 0 aromatic heterocycles. The quantitative estimate of drug-likeness (QED) is 0.667. The normalized spacial score (nSPS) is 53.9. The smallest absolute Gasteiger partial charge is 0.155 e. The summed E-state index contributed by atoms with van der Waals surface area (Å²) in [5, 5.41) is 0. The van der Waals surface area contributed by atoms with Crippen LogP contribution in [-0.4, -0.2) is 11.6 Å². The first-order valence-electron chi connectivity index (χ1n) is 9.06. The largest absolute Gasteiger partial charge is 0.299 e. The van der Waals surface area contributed by atoms with Crippen molar-refractivity contribution >= 4 is 11.6 Å². The van der Waals surface area contributed by atoms with Crippen molar-refractivity contribution in [1.82, 2.24) is 0 Å². The van der Waals surface area contributed by atoms with E-state index in [1.807, 2.05) is 6.08 Å². The van der Waals surface area contributed by atoms with E-state index in [0.29, 0.717) is 35.7 Å². The van der Waals surface area contributed by atoms with Gasteiger partial charge in [0.05, 0.1) is 0 Å². The van der Waals surface area contributed by atoms with Crippen molar-refractivity contribution in [2.75, 3.05) is 0 Å². The third kappa shape index (κ3) is 1.62. The summed E-state index contributed by atoms with van der Waals surface area (Å²) < 4.78 is 0. The molecule has 120 valence electrons. The second kappa shape index (κ2) is 4.33. The van der Waals surface area contributed by atoms with Gasteiger partial charge in [0.2, 0.25) is 0 Å². The van der Waals surface area contributed by atoms with Gasteiger partial charge >= 0.3 is 0 Å². The molecule has 4 rings (SSSR count). The minimum absolute atomic E-state index is 0.0422. The maximum Gasteiger partial charge on any atom is 0.155 e. The predicted molar refractivity (Wildman–Crippen MR) is 86.3 cm³/mol. The fourth-order valence-electron chi connectivity index (χ4n) is 6.72. The molecule has 4 aliphatic rings. The van der Waals surface area contributed by atoms with Crippen LogP contribution in [0, 0.1) is 34.0 Å². The van der Waals surface area contributed by atoms with Crippen LogP contribution in [0.5, 0.6) is 0 Å². The molecule has 0 saturated heterocycles. The monoisotopic (exact) mass is 300 g/mol. The predicted octanol–water partition coefficient (Wildman–Crippen LogP) is 4.33. The SMILES string of the molecule is CC12CC[C@@H]3[C@@H](CC[C@]4(C)C(=O)CC[C@@H]34)[C@@]1(C)C=CC(=O)C2. The topological polar surface area (TPSA) is 34.1 Å². The molecule has 1 unspecified atom stereocenters. The van der Waals surface area contributed by atoms with Crippen LogP contribution >= 0.6 is 0 Å². The average molecular weight is 300 g/mol. The lowest BCUT2D eigenvalue weighted by atomic mass is 9.42. The number of carbonyl (C=O) groups is 2. The van der Waals surface area contributed by atoms with E-state index in [1.165, 1.54) is 6.42 Å². The maximum atomic E-state index is 12.4. The molecular weight excluding hydrogens is 272 g/mol. The summed E-state index contributed by atoms with van der Waals surface area (Å²) in [6.45, 7) is 6.96. The molecule has 2 heteroatoms. The highest BCUT2D eigenvalue weighted by Crippen LogP contribution is 2.67. The number of hydrogen-bond acceptors (Lipinski definition) is 2. The van der Waals surface area contributed by atoms with E-state index in [0.717, 1.165) is 32.1 Å².